The fraction of sp³-hybridized carbons (Fsp3) is 0.182. The van der Waals surface area contributed by atoms with Gasteiger partial charge in [0.05, 0.1) is 22.2 Å². The van der Waals surface area contributed by atoms with Gasteiger partial charge in [0, 0.05) is 5.92 Å². The summed E-state index contributed by atoms with van der Waals surface area (Å²) in [7, 11) is 0. The Balaban J connectivity index is 2.93. The molecule has 1 aromatic carbocycles. The molecule has 0 N–H and O–H groups in total. The van der Waals surface area contributed by atoms with Gasteiger partial charge in [-0.2, -0.15) is 0 Å². The highest BCUT2D eigenvalue weighted by molar-refractivity contribution is 6.36. The van der Waals surface area contributed by atoms with E-state index in [0.29, 0.717) is 22.2 Å². The third-order valence-electron chi connectivity index (χ3n) is 1.53. The second-order valence-electron chi connectivity index (χ2n) is 2.57. The highest BCUT2D eigenvalue weighted by Gasteiger charge is 2.02. The smallest absolute Gasteiger partial charge is 0.384 e. The van der Waals surface area contributed by atoms with E-state index in [2.05, 4.69) is 16.6 Å². The minimum Gasteiger partial charge on any atom is -0.456 e. The van der Waals surface area contributed by atoms with Crippen LogP contribution in [-0.4, -0.2) is 12.6 Å². The number of hydrogen-bond acceptors (Lipinski definition) is 2. The van der Waals surface area contributed by atoms with Gasteiger partial charge in [-0.1, -0.05) is 35.2 Å². The van der Waals surface area contributed by atoms with Crippen LogP contribution in [0.5, 0.6) is 0 Å². The highest BCUT2D eigenvalue weighted by atomic mass is 35.5. The minimum atomic E-state index is -0.589. The minimum absolute atomic E-state index is 0.295. The van der Waals surface area contributed by atoms with Crippen molar-refractivity contribution >= 4 is 29.2 Å². The van der Waals surface area contributed by atoms with Crippen molar-refractivity contribution in [3.05, 3.63) is 33.8 Å². The summed E-state index contributed by atoms with van der Waals surface area (Å²) in [5.41, 5.74) is 0.439. The molecule has 2 nitrogen and oxygen atoms in total. The van der Waals surface area contributed by atoms with Crippen molar-refractivity contribution in [1.29, 1.82) is 0 Å². The summed E-state index contributed by atoms with van der Waals surface area (Å²) in [6, 6.07) is 5.02. The Kier molecular flexibility index (Phi) is 4.48. The van der Waals surface area contributed by atoms with Crippen molar-refractivity contribution in [1.82, 2.24) is 0 Å². The van der Waals surface area contributed by atoms with Crippen LogP contribution in [0.4, 0.5) is 0 Å². The molecule has 0 aliphatic carbocycles. The molecule has 0 aromatic heterocycles. The van der Waals surface area contributed by atoms with Crippen LogP contribution in [0.2, 0.25) is 10.0 Å². The van der Waals surface area contributed by atoms with Crippen molar-refractivity contribution in [3.63, 3.8) is 0 Å². The summed E-state index contributed by atoms with van der Waals surface area (Å²) in [6.45, 7) is 2.01. The van der Waals surface area contributed by atoms with Gasteiger partial charge in [0.2, 0.25) is 0 Å². The Morgan fingerprint density at radius 2 is 2.00 bits per heavy atom. The van der Waals surface area contributed by atoms with Crippen LogP contribution in [0.3, 0.4) is 0 Å². The predicted molar refractivity (Wildman–Crippen MR) is 60.0 cm³/mol. The molecular weight excluding hydrogens is 235 g/mol. The van der Waals surface area contributed by atoms with E-state index in [1.165, 1.54) is 0 Å². The van der Waals surface area contributed by atoms with Gasteiger partial charge < -0.3 is 4.74 Å². The normalized spacial score (nSPS) is 9.00. The molecule has 15 heavy (non-hydrogen) atoms. The molecule has 0 heterocycles. The van der Waals surface area contributed by atoms with E-state index < -0.39 is 5.97 Å². The summed E-state index contributed by atoms with van der Waals surface area (Å²) in [4.78, 5) is 11.0. The monoisotopic (exact) mass is 242 g/mol. The Morgan fingerprint density at radius 1 is 1.40 bits per heavy atom. The quantitative estimate of drug-likeness (QED) is 0.560. The summed E-state index contributed by atoms with van der Waals surface area (Å²) in [6.07, 6.45) is 0. The van der Waals surface area contributed by atoms with Gasteiger partial charge in [-0.25, -0.2) is 4.79 Å². The molecule has 0 atom stereocenters. The van der Waals surface area contributed by atoms with E-state index in [1.54, 1.807) is 25.1 Å². The SMILES string of the molecule is CCOC(=O)C#Cc1c(Cl)cccc1Cl. The molecule has 0 saturated heterocycles. The van der Waals surface area contributed by atoms with Crippen molar-refractivity contribution in [2.45, 2.75) is 6.92 Å². The zero-order valence-corrected chi connectivity index (χ0v) is 9.52. The molecule has 1 rings (SSSR count). The van der Waals surface area contributed by atoms with Gasteiger partial charge in [-0.3, -0.25) is 0 Å². The first-order valence-electron chi connectivity index (χ1n) is 4.28. The lowest BCUT2D eigenvalue weighted by atomic mass is 10.2. The lowest BCUT2D eigenvalue weighted by Gasteiger charge is -1.97. The summed E-state index contributed by atoms with van der Waals surface area (Å²) < 4.78 is 4.64. The van der Waals surface area contributed by atoms with Gasteiger partial charge in [0.25, 0.3) is 0 Å². The molecule has 0 saturated carbocycles. The van der Waals surface area contributed by atoms with E-state index in [0.717, 1.165) is 0 Å². The molecule has 1 aromatic rings. The third kappa shape index (κ3) is 3.47. The van der Waals surface area contributed by atoms with Gasteiger partial charge >= 0.3 is 5.97 Å². The number of esters is 1. The lowest BCUT2D eigenvalue weighted by molar-refractivity contribution is -0.136. The Hall–Kier alpha value is -1.17. The van der Waals surface area contributed by atoms with Gasteiger partial charge in [-0.15, -0.1) is 0 Å². The van der Waals surface area contributed by atoms with Gasteiger partial charge in [0.1, 0.15) is 0 Å². The molecule has 0 unspecified atom stereocenters. The summed E-state index contributed by atoms with van der Waals surface area (Å²) >= 11 is 11.7. The number of carbonyl (C=O) groups is 1. The van der Waals surface area contributed by atoms with Crippen LogP contribution in [0.25, 0.3) is 0 Å². The summed E-state index contributed by atoms with van der Waals surface area (Å²) in [5, 5.41) is 0.832. The van der Waals surface area contributed by atoms with E-state index in [1.807, 2.05) is 0 Å². The Labute approximate surface area is 98.1 Å². The van der Waals surface area contributed by atoms with Crippen molar-refractivity contribution in [2.24, 2.45) is 0 Å². The van der Waals surface area contributed by atoms with Gasteiger partial charge in [-0.05, 0) is 19.1 Å². The van der Waals surface area contributed by atoms with Crippen LogP contribution >= 0.6 is 23.2 Å². The molecule has 0 aliphatic rings. The molecule has 0 spiro atoms. The first-order chi connectivity index (χ1) is 7.15. The zero-order valence-electron chi connectivity index (χ0n) is 8.01. The van der Waals surface area contributed by atoms with E-state index in [9.17, 15) is 4.79 Å². The molecule has 0 radical (unpaired) electrons. The molecule has 0 fully saturated rings. The van der Waals surface area contributed by atoms with E-state index >= 15 is 0 Å². The molecular formula is C11H8Cl2O2. The first-order valence-corrected chi connectivity index (χ1v) is 5.03. The van der Waals surface area contributed by atoms with Crippen LogP contribution in [-0.2, 0) is 9.53 Å². The predicted octanol–water partition coefficient (Wildman–Crippen LogP) is 2.91. The molecule has 0 amide bonds. The van der Waals surface area contributed by atoms with Crippen LogP contribution in [0, 0.1) is 11.8 Å². The molecule has 0 bridgehead atoms. The average molecular weight is 243 g/mol. The van der Waals surface area contributed by atoms with Crippen LogP contribution in [0.1, 0.15) is 12.5 Å². The highest BCUT2D eigenvalue weighted by Crippen LogP contribution is 2.22. The maximum absolute atomic E-state index is 11.0. The van der Waals surface area contributed by atoms with Gasteiger partial charge in [0.15, 0.2) is 0 Å². The largest absolute Gasteiger partial charge is 0.456 e. The number of ether oxygens (including phenoxy) is 1. The molecule has 78 valence electrons. The second kappa shape index (κ2) is 5.65. The maximum Gasteiger partial charge on any atom is 0.384 e. The summed E-state index contributed by atoms with van der Waals surface area (Å²) in [5.74, 6) is 4.29. The van der Waals surface area contributed by atoms with Crippen molar-refractivity contribution in [2.75, 3.05) is 6.61 Å². The number of rotatable bonds is 1. The van der Waals surface area contributed by atoms with Crippen LogP contribution in [0.15, 0.2) is 18.2 Å². The van der Waals surface area contributed by atoms with Crippen molar-refractivity contribution < 1.29 is 9.53 Å². The Bertz CT molecular complexity index is 410. The Morgan fingerprint density at radius 3 is 2.53 bits per heavy atom. The standard InChI is InChI=1S/C11H8Cl2O2/c1-2-15-11(14)7-6-8-9(12)4-3-5-10(8)13/h3-5H,2H2,1H3. The van der Waals surface area contributed by atoms with Crippen LogP contribution < -0.4 is 0 Å². The lowest BCUT2D eigenvalue weighted by Crippen LogP contribution is -1.99. The fourth-order valence-corrected chi connectivity index (χ4v) is 1.39. The molecule has 4 heteroatoms. The topological polar surface area (TPSA) is 26.3 Å². The number of hydrogen-bond donors (Lipinski definition) is 0. The third-order valence-corrected chi connectivity index (χ3v) is 2.16. The average Bonchev–Trinajstić information content (AvgIpc) is 2.17. The number of halogens is 2. The fourth-order valence-electron chi connectivity index (χ4n) is 0.898. The number of benzene rings is 1. The van der Waals surface area contributed by atoms with E-state index in [4.69, 9.17) is 23.2 Å². The zero-order chi connectivity index (χ0) is 11.3. The number of carbonyl (C=O) groups excluding carboxylic acids is 1. The maximum atomic E-state index is 11.0. The second-order valence-corrected chi connectivity index (χ2v) is 3.38. The van der Waals surface area contributed by atoms with Crippen molar-refractivity contribution in [3.8, 4) is 11.8 Å². The van der Waals surface area contributed by atoms with E-state index in [-0.39, 0.29) is 0 Å². The molecule has 0 aliphatic heterocycles. The first kappa shape index (κ1) is 11.9.